The van der Waals surface area contributed by atoms with Gasteiger partial charge in [0.1, 0.15) is 29.6 Å². The molecule has 0 aliphatic carbocycles. The molecule has 0 amide bonds. The predicted molar refractivity (Wildman–Crippen MR) is 102 cm³/mol. The number of nitrogens with zero attached hydrogens (tertiary/aromatic N) is 6. The smallest absolute Gasteiger partial charge is 0.234 e. The lowest BCUT2D eigenvalue weighted by Gasteiger charge is -2.06. The Balaban J connectivity index is 1.81. The average molecular weight is 397 g/mol. The minimum Gasteiger partial charge on any atom is -0.333 e. The summed E-state index contributed by atoms with van der Waals surface area (Å²) in [6.07, 6.45) is 1.38. The number of benzene rings is 1. The lowest BCUT2D eigenvalue weighted by Crippen LogP contribution is -2.01. The number of hydrogen-bond acceptors (Lipinski definition) is 7. The first-order valence-corrected chi connectivity index (χ1v) is 8.48. The second-order valence-electron chi connectivity index (χ2n) is 5.56. The number of fused-ring (bicyclic) bond motifs is 1. The summed E-state index contributed by atoms with van der Waals surface area (Å²) >= 11 is 12.5. The molecular weight excluding hydrogens is 387 g/mol. The molecule has 10 heteroatoms. The molecule has 4 aromatic rings. The van der Waals surface area contributed by atoms with E-state index in [1.807, 2.05) is 6.07 Å². The standard InChI is InChI=1S/C17H10Cl2N8/c1-8-5-11(24-12(6-20)23-8)25-16-14-17(22-7-21-16)27-15(26-14)13-9(18)3-2-4-10(13)19/h2-5,7H,1H3,(H2,21,22,23,24,25,26,27). The molecule has 0 saturated heterocycles. The van der Waals surface area contributed by atoms with Crippen LogP contribution < -0.4 is 5.32 Å². The number of H-pyrrole nitrogens is 1. The van der Waals surface area contributed by atoms with Gasteiger partial charge in [0.15, 0.2) is 11.5 Å². The fraction of sp³-hybridized carbons (Fsp3) is 0.0588. The zero-order valence-corrected chi connectivity index (χ0v) is 15.3. The van der Waals surface area contributed by atoms with Crippen LogP contribution in [0, 0.1) is 18.3 Å². The van der Waals surface area contributed by atoms with Crippen molar-refractivity contribution in [3.05, 3.63) is 52.2 Å². The van der Waals surface area contributed by atoms with Gasteiger partial charge in [-0.05, 0) is 19.1 Å². The van der Waals surface area contributed by atoms with Crippen molar-refractivity contribution < 1.29 is 0 Å². The van der Waals surface area contributed by atoms with Gasteiger partial charge >= 0.3 is 0 Å². The van der Waals surface area contributed by atoms with Gasteiger partial charge < -0.3 is 10.3 Å². The number of anilines is 2. The highest BCUT2D eigenvalue weighted by Crippen LogP contribution is 2.34. The largest absolute Gasteiger partial charge is 0.333 e. The molecule has 0 aliphatic heterocycles. The number of aromatic amines is 1. The molecule has 2 N–H and O–H groups in total. The van der Waals surface area contributed by atoms with Crippen LogP contribution in [-0.4, -0.2) is 29.9 Å². The molecule has 0 spiro atoms. The van der Waals surface area contributed by atoms with Crippen LogP contribution in [0.1, 0.15) is 11.5 Å². The molecule has 0 bridgehead atoms. The third-order valence-corrected chi connectivity index (χ3v) is 4.32. The van der Waals surface area contributed by atoms with Gasteiger partial charge in [-0.15, -0.1) is 0 Å². The maximum Gasteiger partial charge on any atom is 0.234 e. The summed E-state index contributed by atoms with van der Waals surface area (Å²) in [5.41, 5.74) is 2.22. The van der Waals surface area contributed by atoms with Gasteiger partial charge in [0.2, 0.25) is 5.82 Å². The molecule has 0 fully saturated rings. The molecule has 4 rings (SSSR count). The Morgan fingerprint density at radius 3 is 2.63 bits per heavy atom. The van der Waals surface area contributed by atoms with Gasteiger partial charge in [-0.2, -0.15) is 5.26 Å². The van der Waals surface area contributed by atoms with Crippen LogP contribution in [0.15, 0.2) is 30.6 Å². The Morgan fingerprint density at radius 1 is 1.11 bits per heavy atom. The fourth-order valence-corrected chi connectivity index (χ4v) is 3.15. The molecule has 27 heavy (non-hydrogen) atoms. The molecule has 1 aromatic carbocycles. The van der Waals surface area contributed by atoms with Crippen LogP contribution in [0.2, 0.25) is 10.0 Å². The molecule has 0 atom stereocenters. The Hall–Kier alpha value is -3.28. The Kier molecular flexibility index (Phi) is 4.32. The van der Waals surface area contributed by atoms with Gasteiger partial charge in [-0.25, -0.2) is 24.9 Å². The molecular formula is C17H10Cl2N8. The quantitative estimate of drug-likeness (QED) is 0.536. The normalized spacial score (nSPS) is 10.7. The molecule has 0 aliphatic rings. The summed E-state index contributed by atoms with van der Waals surface area (Å²) in [7, 11) is 0. The second kappa shape index (κ2) is 6.79. The number of aryl methyl sites for hydroxylation is 1. The molecule has 0 radical (unpaired) electrons. The van der Waals surface area contributed by atoms with E-state index in [4.69, 9.17) is 28.5 Å². The number of aromatic nitrogens is 6. The van der Waals surface area contributed by atoms with Crippen LogP contribution in [0.5, 0.6) is 0 Å². The minimum absolute atomic E-state index is 0.0657. The molecule has 0 saturated carbocycles. The van der Waals surface area contributed by atoms with Crippen molar-refractivity contribution in [2.75, 3.05) is 5.32 Å². The number of rotatable bonds is 3. The highest BCUT2D eigenvalue weighted by molar-refractivity contribution is 6.39. The van der Waals surface area contributed by atoms with E-state index in [9.17, 15) is 0 Å². The van der Waals surface area contributed by atoms with Crippen molar-refractivity contribution >= 4 is 46.0 Å². The van der Waals surface area contributed by atoms with Crippen LogP contribution in [0.25, 0.3) is 22.6 Å². The van der Waals surface area contributed by atoms with Crippen molar-refractivity contribution in [1.82, 2.24) is 29.9 Å². The van der Waals surface area contributed by atoms with Gasteiger partial charge in [-0.3, -0.25) is 0 Å². The van der Waals surface area contributed by atoms with Gasteiger partial charge in [0, 0.05) is 11.8 Å². The summed E-state index contributed by atoms with van der Waals surface area (Å²) in [5.74, 6) is 1.42. The number of nitrogens with one attached hydrogen (secondary N) is 2. The summed E-state index contributed by atoms with van der Waals surface area (Å²) in [6, 6.07) is 8.85. The topological polar surface area (TPSA) is 116 Å². The average Bonchev–Trinajstić information content (AvgIpc) is 3.06. The van der Waals surface area contributed by atoms with E-state index in [2.05, 4.69) is 35.2 Å². The number of hydrogen-bond donors (Lipinski definition) is 2. The van der Waals surface area contributed by atoms with Gasteiger partial charge in [0.25, 0.3) is 0 Å². The molecule has 0 unspecified atom stereocenters. The first-order valence-electron chi connectivity index (χ1n) is 7.73. The summed E-state index contributed by atoms with van der Waals surface area (Å²) in [4.78, 5) is 24.2. The van der Waals surface area contributed by atoms with Crippen molar-refractivity contribution in [3.63, 3.8) is 0 Å². The maximum absolute atomic E-state index is 9.04. The Bertz CT molecular complexity index is 1190. The van der Waals surface area contributed by atoms with Crippen molar-refractivity contribution in [1.29, 1.82) is 5.26 Å². The lowest BCUT2D eigenvalue weighted by molar-refractivity contribution is 1.06. The zero-order chi connectivity index (χ0) is 19.0. The monoisotopic (exact) mass is 396 g/mol. The third kappa shape index (κ3) is 3.26. The number of nitriles is 1. The summed E-state index contributed by atoms with van der Waals surface area (Å²) in [5, 5.41) is 13.0. The number of imidazole rings is 1. The van der Waals surface area contributed by atoms with Crippen molar-refractivity contribution in [2.24, 2.45) is 0 Å². The zero-order valence-electron chi connectivity index (χ0n) is 13.8. The van der Waals surface area contributed by atoms with Crippen LogP contribution in [0.4, 0.5) is 11.6 Å². The number of halogens is 2. The van der Waals surface area contributed by atoms with Crippen LogP contribution in [0.3, 0.4) is 0 Å². The van der Waals surface area contributed by atoms with E-state index in [-0.39, 0.29) is 5.82 Å². The molecule has 8 nitrogen and oxygen atoms in total. The highest BCUT2D eigenvalue weighted by Gasteiger charge is 2.16. The first kappa shape index (κ1) is 17.1. The van der Waals surface area contributed by atoms with Gasteiger partial charge in [-0.1, -0.05) is 29.3 Å². The second-order valence-corrected chi connectivity index (χ2v) is 6.37. The van der Waals surface area contributed by atoms with E-state index in [1.54, 1.807) is 31.2 Å². The molecule has 3 aromatic heterocycles. The first-order chi connectivity index (χ1) is 13.0. The lowest BCUT2D eigenvalue weighted by atomic mass is 10.2. The third-order valence-electron chi connectivity index (χ3n) is 3.69. The minimum atomic E-state index is 0.0657. The van der Waals surface area contributed by atoms with E-state index in [0.717, 1.165) is 0 Å². The van der Waals surface area contributed by atoms with Crippen LogP contribution >= 0.6 is 23.2 Å². The van der Waals surface area contributed by atoms with Crippen molar-refractivity contribution in [3.8, 4) is 17.5 Å². The highest BCUT2D eigenvalue weighted by atomic mass is 35.5. The van der Waals surface area contributed by atoms with Gasteiger partial charge in [0.05, 0.1) is 15.6 Å². The molecule has 132 valence electrons. The van der Waals surface area contributed by atoms with E-state index < -0.39 is 0 Å². The Morgan fingerprint density at radius 2 is 1.89 bits per heavy atom. The summed E-state index contributed by atoms with van der Waals surface area (Å²) in [6.45, 7) is 1.77. The van der Waals surface area contributed by atoms with E-state index >= 15 is 0 Å². The van der Waals surface area contributed by atoms with E-state index in [1.165, 1.54) is 6.33 Å². The molecule has 3 heterocycles. The van der Waals surface area contributed by atoms with E-state index in [0.29, 0.717) is 49.9 Å². The SMILES string of the molecule is Cc1cc(Nc2ncnc3nc(-c4c(Cl)cccc4Cl)[nH]c23)nc(C#N)n1. The van der Waals surface area contributed by atoms with Crippen molar-refractivity contribution in [2.45, 2.75) is 6.92 Å². The van der Waals surface area contributed by atoms with Crippen LogP contribution in [-0.2, 0) is 0 Å². The summed E-state index contributed by atoms with van der Waals surface area (Å²) < 4.78 is 0. The Labute approximate surface area is 163 Å². The predicted octanol–water partition coefficient (Wildman–Crippen LogP) is 4.04. The maximum atomic E-state index is 9.04. The fourth-order valence-electron chi connectivity index (χ4n) is 2.57.